The molecule has 1 aliphatic rings. The van der Waals surface area contributed by atoms with E-state index in [9.17, 15) is 9.59 Å². The van der Waals surface area contributed by atoms with Gasteiger partial charge in [-0.1, -0.05) is 0 Å². The number of carbonyl (C=O) groups is 2. The number of pyridine rings is 1. The van der Waals surface area contributed by atoms with Gasteiger partial charge in [0.2, 0.25) is 17.7 Å². The summed E-state index contributed by atoms with van der Waals surface area (Å²) in [6.45, 7) is 3.78. The number of hydrazine groups is 1. The van der Waals surface area contributed by atoms with Crippen LogP contribution in [0.3, 0.4) is 0 Å². The maximum Gasteiger partial charge on any atom is 0.277 e. The molecule has 8 nitrogen and oxygen atoms in total. The Kier molecular flexibility index (Phi) is 6.36. The topological polar surface area (TPSA) is 81.2 Å². The number of nitrogens with zero attached hydrogens (tertiary/aromatic N) is 3. The van der Waals surface area contributed by atoms with E-state index < -0.39 is 0 Å². The lowest BCUT2D eigenvalue weighted by Crippen LogP contribution is -2.45. The van der Waals surface area contributed by atoms with Gasteiger partial charge in [-0.05, 0) is 19.4 Å². The molecule has 24 heavy (non-hydrogen) atoms. The molecule has 0 saturated carbocycles. The summed E-state index contributed by atoms with van der Waals surface area (Å²) in [6, 6.07) is 3.18. The molecule has 2 rings (SSSR count). The molecular formula is C16H23N3O5. The molecule has 8 heteroatoms. The highest BCUT2D eigenvalue weighted by Crippen LogP contribution is 2.24. The zero-order valence-corrected chi connectivity index (χ0v) is 14.3. The Morgan fingerprint density at radius 1 is 1.17 bits per heavy atom. The van der Waals surface area contributed by atoms with Crippen molar-refractivity contribution in [1.82, 2.24) is 15.0 Å². The number of methoxy groups -OCH3 is 2. The fourth-order valence-corrected chi connectivity index (χ4v) is 2.51. The van der Waals surface area contributed by atoms with Crippen LogP contribution in [0.25, 0.3) is 0 Å². The number of ether oxygens (including phenoxy) is 3. The predicted molar refractivity (Wildman–Crippen MR) is 85.8 cm³/mol. The summed E-state index contributed by atoms with van der Waals surface area (Å²) in [5.41, 5.74) is 0.294. The van der Waals surface area contributed by atoms with Crippen LogP contribution in [-0.4, -0.2) is 67.3 Å². The maximum atomic E-state index is 12.8. The van der Waals surface area contributed by atoms with Crippen molar-refractivity contribution >= 4 is 11.8 Å². The van der Waals surface area contributed by atoms with Crippen LogP contribution in [0.1, 0.15) is 30.1 Å². The van der Waals surface area contributed by atoms with Crippen LogP contribution in [-0.2, 0) is 9.53 Å². The third kappa shape index (κ3) is 3.94. The Hall–Kier alpha value is -2.35. The molecule has 0 radical (unpaired) electrons. The molecule has 0 unspecified atom stereocenters. The van der Waals surface area contributed by atoms with E-state index in [0.717, 1.165) is 6.42 Å². The summed E-state index contributed by atoms with van der Waals surface area (Å²) >= 11 is 0. The fourth-order valence-electron chi connectivity index (χ4n) is 2.51. The predicted octanol–water partition coefficient (Wildman–Crippen LogP) is 1.11. The van der Waals surface area contributed by atoms with Crippen molar-refractivity contribution < 1.29 is 23.8 Å². The summed E-state index contributed by atoms with van der Waals surface area (Å²) in [5, 5.41) is 2.92. The van der Waals surface area contributed by atoms with Gasteiger partial charge in [0.05, 0.1) is 27.2 Å². The van der Waals surface area contributed by atoms with Crippen molar-refractivity contribution in [3.05, 3.63) is 17.7 Å². The minimum absolute atomic E-state index is 0.130. The zero-order valence-electron chi connectivity index (χ0n) is 14.3. The Balaban J connectivity index is 2.14. The number of rotatable bonds is 7. The molecule has 1 aromatic rings. The van der Waals surface area contributed by atoms with Crippen molar-refractivity contribution in [2.45, 2.75) is 19.8 Å². The summed E-state index contributed by atoms with van der Waals surface area (Å²) in [6.07, 6.45) is 0.980. The fraction of sp³-hybridized carbons (Fsp3) is 0.562. The van der Waals surface area contributed by atoms with Crippen LogP contribution in [0, 0.1) is 0 Å². The molecule has 1 aromatic heterocycles. The molecule has 1 fully saturated rings. The number of aromatic nitrogens is 1. The SMILES string of the molecule is CCOCCC(=O)N1CCCN1C(=O)c1ccc(OC)nc1OC. The first-order valence-corrected chi connectivity index (χ1v) is 7.91. The number of amides is 2. The molecule has 1 aliphatic heterocycles. The Labute approximate surface area is 141 Å². The molecule has 0 aliphatic carbocycles. The quantitative estimate of drug-likeness (QED) is 0.694. The van der Waals surface area contributed by atoms with Gasteiger partial charge < -0.3 is 14.2 Å². The minimum atomic E-state index is -0.315. The Morgan fingerprint density at radius 2 is 1.92 bits per heavy atom. The number of carbonyl (C=O) groups excluding carboxylic acids is 2. The van der Waals surface area contributed by atoms with Gasteiger partial charge in [-0.2, -0.15) is 4.98 Å². The van der Waals surface area contributed by atoms with Crippen LogP contribution < -0.4 is 9.47 Å². The summed E-state index contributed by atoms with van der Waals surface area (Å²) in [5.74, 6) is 0.0847. The highest BCUT2D eigenvalue weighted by atomic mass is 16.5. The van der Waals surface area contributed by atoms with Crippen LogP contribution in [0.2, 0.25) is 0 Å². The third-order valence-corrected chi connectivity index (χ3v) is 3.69. The van der Waals surface area contributed by atoms with Crippen LogP contribution in [0.4, 0.5) is 0 Å². The first kappa shape index (κ1) is 18.0. The molecule has 0 atom stereocenters. The summed E-state index contributed by atoms with van der Waals surface area (Å²) in [4.78, 5) is 29.2. The van der Waals surface area contributed by atoms with E-state index in [1.54, 1.807) is 12.1 Å². The lowest BCUT2D eigenvalue weighted by molar-refractivity contribution is -0.141. The molecule has 0 bridgehead atoms. The van der Waals surface area contributed by atoms with Gasteiger partial charge >= 0.3 is 0 Å². The van der Waals surface area contributed by atoms with Gasteiger partial charge in [0, 0.05) is 25.8 Å². The minimum Gasteiger partial charge on any atom is -0.481 e. The largest absolute Gasteiger partial charge is 0.481 e. The summed E-state index contributed by atoms with van der Waals surface area (Å²) in [7, 11) is 2.93. The molecule has 1 saturated heterocycles. The van der Waals surface area contributed by atoms with Crippen molar-refractivity contribution in [1.29, 1.82) is 0 Å². The third-order valence-electron chi connectivity index (χ3n) is 3.69. The van der Waals surface area contributed by atoms with Crippen LogP contribution >= 0.6 is 0 Å². The van der Waals surface area contributed by atoms with Gasteiger partial charge in [0.15, 0.2) is 0 Å². The maximum absolute atomic E-state index is 12.8. The lowest BCUT2D eigenvalue weighted by atomic mass is 10.2. The van der Waals surface area contributed by atoms with Gasteiger partial charge in [-0.15, -0.1) is 0 Å². The lowest BCUT2D eigenvalue weighted by Gasteiger charge is -2.28. The van der Waals surface area contributed by atoms with E-state index in [4.69, 9.17) is 14.2 Å². The van der Waals surface area contributed by atoms with E-state index in [-0.39, 0.29) is 24.1 Å². The molecule has 0 N–H and O–H groups in total. The second-order valence-corrected chi connectivity index (χ2v) is 5.16. The zero-order chi connectivity index (χ0) is 17.5. The second kappa shape index (κ2) is 8.49. The van der Waals surface area contributed by atoms with Gasteiger partial charge in [-0.25, -0.2) is 5.01 Å². The van der Waals surface area contributed by atoms with Crippen LogP contribution in [0.15, 0.2) is 12.1 Å². The second-order valence-electron chi connectivity index (χ2n) is 5.16. The highest BCUT2D eigenvalue weighted by Gasteiger charge is 2.32. The van der Waals surface area contributed by atoms with Gasteiger partial charge in [-0.3, -0.25) is 14.6 Å². The summed E-state index contributed by atoms with van der Waals surface area (Å²) < 4.78 is 15.4. The number of hydrogen-bond acceptors (Lipinski definition) is 6. The molecule has 0 spiro atoms. The highest BCUT2D eigenvalue weighted by molar-refractivity contribution is 5.97. The molecule has 132 valence electrons. The van der Waals surface area contributed by atoms with E-state index >= 15 is 0 Å². The van der Waals surface area contributed by atoms with Gasteiger partial charge in [0.25, 0.3) is 5.91 Å². The van der Waals surface area contributed by atoms with Crippen molar-refractivity contribution in [2.75, 3.05) is 40.5 Å². The Bertz CT molecular complexity index is 593. The van der Waals surface area contributed by atoms with E-state index in [1.807, 2.05) is 6.92 Å². The Morgan fingerprint density at radius 3 is 2.58 bits per heavy atom. The van der Waals surface area contributed by atoms with Crippen molar-refractivity contribution in [2.24, 2.45) is 0 Å². The normalized spacial score (nSPS) is 14.0. The first-order chi connectivity index (χ1) is 11.6. The molecule has 2 amide bonds. The molecular weight excluding hydrogens is 314 g/mol. The van der Waals surface area contributed by atoms with E-state index in [0.29, 0.717) is 37.7 Å². The molecule has 2 heterocycles. The smallest absolute Gasteiger partial charge is 0.277 e. The van der Waals surface area contributed by atoms with E-state index in [2.05, 4.69) is 4.98 Å². The van der Waals surface area contributed by atoms with E-state index in [1.165, 1.54) is 24.2 Å². The van der Waals surface area contributed by atoms with Gasteiger partial charge in [0.1, 0.15) is 5.56 Å². The average molecular weight is 337 g/mol. The first-order valence-electron chi connectivity index (χ1n) is 7.91. The van der Waals surface area contributed by atoms with Crippen LogP contribution in [0.5, 0.6) is 11.8 Å². The van der Waals surface area contributed by atoms with Crippen molar-refractivity contribution in [3.63, 3.8) is 0 Å². The monoisotopic (exact) mass is 337 g/mol. The standard InChI is InChI=1S/C16H23N3O5/c1-4-24-11-8-14(20)18-9-5-10-19(18)16(21)12-6-7-13(22-2)17-15(12)23-3/h6-7H,4-5,8-11H2,1-3H3. The molecule has 0 aromatic carbocycles. The average Bonchev–Trinajstić information content (AvgIpc) is 3.10. The van der Waals surface area contributed by atoms with Crippen molar-refractivity contribution in [3.8, 4) is 11.8 Å². The number of hydrogen-bond donors (Lipinski definition) is 0.